The molecule has 0 bridgehead atoms. The second kappa shape index (κ2) is 5.74. The van der Waals surface area contributed by atoms with Crippen LogP contribution in [0.2, 0.25) is 0 Å². The first kappa shape index (κ1) is 14.3. The number of carbonyl (C=O) groups excluding carboxylic acids is 1. The molecule has 1 aliphatic carbocycles. The Hall–Kier alpha value is -0.730. The maximum atomic E-state index is 11.5. The van der Waals surface area contributed by atoms with Crippen molar-refractivity contribution in [2.24, 2.45) is 10.8 Å². The third kappa shape index (κ3) is 4.97. The van der Waals surface area contributed by atoms with Crippen LogP contribution in [0, 0.1) is 17.3 Å². The average Bonchev–Trinajstić information content (AvgIpc) is 2.22. The van der Waals surface area contributed by atoms with Gasteiger partial charge in [0.05, 0.1) is 0 Å². The molecular formula is C14H27N2O. The predicted molar refractivity (Wildman–Crippen MR) is 71.7 cm³/mol. The fraction of sp³-hybridized carbons (Fsp3) is 0.857. The molecule has 0 aliphatic heterocycles. The summed E-state index contributed by atoms with van der Waals surface area (Å²) in [5.74, 6) is 0. The normalized spacial score (nSPS) is 27.5. The van der Waals surface area contributed by atoms with E-state index in [2.05, 4.69) is 44.7 Å². The number of nitrogens with one attached hydrogen (secondary N) is 2. The zero-order valence-corrected chi connectivity index (χ0v) is 11.7. The van der Waals surface area contributed by atoms with Gasteiger partial charge in [0.25, 0.3) is 0 Å². The van der Waals surface area contributed by atoms with Gasteiger partial charge in [-0.15, -0.1) is 0 Å². The summed E-state index contributed by atoms with van der Waals surface area (Å²) in [6.07, 6.45) is 6.81. The highest BCUT2D eigenvalue weighted by Crippen LogP contribution is 2.44. The van der Waals surface area contributed by atoms with Crippen LogP contribution in [0.5, 0.6) is 0 Å². The summed E-state index contributed by atoms with van der Waals surface area (Å²) in [6, 6.07) is -0.0311. The Balaban J connectivity index is 2.36. The summed E-state index contributed by atoms with van der Waals surface area (Å²) < 4.78 is 0. The van der Waals surface area contributed by atoms with E-state index in [1.165, 1.54) is 12.8 Å². The fourth-order valence-electron chi connectivity index (χ4n) is 2.84. The molecule has 3 heteroatoms. The Bertz CT molecular complexity index is 263. The molecule has 1 fully saturated rings. The molecule has 0 aromatic heterocycles. The third-order valence-corrected chi connectivity index (χ3v) is 3.45. The lowest BCUT2D eigenvalue weighted by atomic mass is 9.64. The van der Waals surface area contributed by atoms with Crippen LogP contribution >= 0.6 is 0 Å². The topological polar surface area (TPSA) is 41.1 Å². The summed E-state index contributed by atoms with van der Waals surface area (Å²) in [5.41, 5.74) is 0.583. The van der Waals surface area contributed by atoms with Crippen molar-refractivity contribution in [3.8, 4) is 0 Å². The van der Waals surface area contributed by atoms with Gasteiger partial charge in [0, 0.05) is 13.1 Å². The Kier molecular flexibility index (Phi) is 4.84. The molecule has 0 aromatic carbocycles. The number of carbonyl (C=O) groups is 1. The average molecular weight is 239 g/mol. The summed E-state index contributed by atoms with van der Waals surface area (Å²) in [7, 11) is 0. The minimum atomic E-state index is -0.0311. The standard InChI is InChI=1S/C14H27N2O/c1-5-9-15-12(17)16-11-14(4)8-6-7-13(2,3)10-14/h6H,5,7-11H2,1-4H3,(H2,15,16,17). The molecule has 1 unspecified atom stereocenters. The molecule has 0 spiro atoms. The van der Waals surface area contributed by atoms with Gasteiger partial charge in [-0.2, -0.15) is 0 Å². The molecule has 1 saturated carbocycles. The molecule has 99 valence electrons. The number of amides is 2. The first-order valence-electron chi connectivity index (χ1n) is 6.70. The molecule has 1 aliphatic rings. The van der Waals surface area contributed by atoms with Gasteiger partial charge in [-0.3, -0.25) is 0 Å². The maximum absolute atomic E-state index is 11.5. The van der Waals surface area contributed by atoms with Crippen molar-refractivity contribution in [1.29, 1.82) is 0 Å². The third-order valence-electron chi connectivity index (χ3n) is 3.45. The highest BCUT2D eigenvalue weighted by molar-refractivity contribution is 5.73. The Morgan fingerprint density at radius 3 is 2.53 bits per heavy atom. The van der Waals surface area contributed by atoms with E-state index in [0.717, 1.165) is 25.9 Å². The predicted octanol–water partition coefficient (Wildman–Crippen LogP) is 3.12. The van der Waals surface area contributed by atoms with E-state index in [9.17, 15) is 4.79 Å². The lowest BCUT2D eigenvalue weighted by Crippen LogP contribution is -2.44. The zero-order chi connectivity index (χ0) is 12.9. The van der Waals surface area contributed by atoms with E-state index < -0.39 is 0 Å². The Morgan fingerprint density at radius 2 is 1.94 bits per heavy atom. The van der Waals surface area contributed by atoms with Crippen molar-refractivity contribution in [3.05, 3.63) is 6.42 Å². The number of hydrogen-bond acceptors (Lipinski definition) is 1. The number of urea groups is 1. The van der Waals surface area contributed by atoms with E-state index in [-0.39, 0.29) is 11.4 Å². The molecule has 1 radical (unpaired) electrons. The Labute approximate surface area is 106 Å². The molecule has 1 atom stereocenters. The molecule has 1 rings (SSSR count). The minimum absolute atomic E-state index is 0.0311. The highest BCUT2D eigenvalue weighted by atomic mass is 16.2. The van der Waals surface area contributed by atoms with Crippen LogP contribution in [0.3, 0.4) is 0 Å². The van der Waals surface area contributed by atoms with Crippen molar-refractivity contribution >= 4 is 6.03 Å². The first-order chi connectivity index (χ1) is 7.87. The van der Waals surface area contributed by atoms with Gasteiger partial charge in [0.2, 0.25) is 0 Å². The maximum Gasteiger partial charge on any atom is 0.314 e. The monoisotopic (exact) mass is 239 g/mol. The number of hydrogen-bond donors (Lipinski definition) is 2. The summed E-state index contributed by atoms with van der Waals surface area (Å²) >= 11 is 0. The van der Waals surface area contributed by atoms with Gasteiger partial charge in [-0.25, -0.2) is 4.79 Å². The van der Waals surface area contributed by atoms with Gasteiger partial charge in [0.1, 0.15) is 0 Å². The SMILES string of the molecule is CCCNC(=O)NCC1(C)C[CH]CC(C)(C)C1. The lowest BCUT2D eigenvalue weighted by Gasteiger charge is -2.42. The molecule has 2 amide bonds. The van der Waals surface area contributed by atoms with Crippen LogP contribution in [-0.2, 0) is 0 Å². The molecule has 0 saturated heterocycles. The van der Waals surface area contributed by atoms with E-state index >= 15 is 0 Å². The largest absolute Gasteiger partial charge is 0.338 e. The van der Waals surface area contributed by atoms with Crippen molar-refractivity contribution < 1.29 is 4.79 Å². The second-order valence-electron chi connectivity index (χ2n) is 6.46. The van der Waals surface area contributed by atoms with Crippen molar-refractivity contribution in [1.82, 2.24) is 10.6 Å². The summed E-state index contributed by atoms with van der Waals surface area (Å²) in [5, 5.41) is 5.85. The van der Waals surface area contributed by atoms with Crippen molar-refractivity contribution in [3.63, 3.8) is 0 Å². The van der Waals surface area contributed by atoms with Crippen LogP contribution in [-0.4, -0.2) is 19.1 Å². The van der Waals surface area contributed by atoms with Gasteiger partial charge in [0.15, 0.2) is 0 Å². The van der Waals surface area contributed by atoms with Crippen LogP contribution in [0.4, 0.5) is 4.79 Å². The van der Waals surface area contributed by atoms with E-state index in [1.54, 1.807) is 0 Å². The van der Waals surface area contributed by atoms with Crippen LogP contribution in [0.15, 0.2) is 0 Å². The molecular weight excluding hydrogens is 212 g/mol. The first-order valence-corrected chi connectivity index (χ1v) is 6.70. The smallest absolute Gasteiger partial charge is 0.314 e. The molecule has 3 nitrogen and oxygen atoms in total. The van der Waals surface area contributed by atoms with Gasteiger partial charge >= 0.3 is 6.03 Å². The van der Waals surface area contributed by atoms with E-state index in [4.69, 9.17) is 0 Å². The van der Waals surface area contributed by atoms with Gasteiger partial charge in [-0.05, 0) is 42.9 Å². The van der Waals surface area contributed by atoms with Crippen LogP contribution in [0.25, 0.3) is 0 Å². The van der Waals surface area contributed by atoms with E-state index in [1.807, 2.05) is 0 Å². The highest BCUT2D eigenvalue weighted by Gasteiger charge is 2.36. The lowest BCUT2D eigenvalue weighted by molar-refractivity contribution is 0.131. The molecule has 17 heavy (non-hydrogen) atoms. The van der Waals surface area contributed by atoms with E-state index in [0.29, 0.717) is 5.41 Å². The van der Waals surface area contributed by atoms with Gasteiger partial charge in [-0.1, -0.05) is 27.7 Å². The molecule has 0 aromatic rings. The molecule has 0 heterocycles. The van der Waals surface area contributed by atoms with Crippen molar-refractivity contribution in [2.75, 3.05) is 13.1 Å². The second-order valence-corrected chi connectivity index (χ2v) is 6.46. The molecule has 2 N–H and O–H groups in total. The Morgan fingerprint density at radius 1 is 1.24 bits per heavy atom. The van der Waals surface area contributed by atoms with Crippen LogP contribution in [0.1, 0.15) is 53.4 Å². The van der Waals surface area contributed by atoms with Crippen LogP contribution < -0.4 is 10.6 Å². The summed E-state index contributed by atoms with van der Waals surface area (Å²) in [6.45, 7) is 10.4. The number of rotatable bonds is 4. The minimum Gasteiger partial charge on any atom is -0.338 e. The van der Waals surface area contributed by atoms with Gasteiger partial charge < -0.3 is 10.6 Å². The fourth-order valence-corrected chi connectivity index (χ4v) is 2.84. The van der Waals surface area contributed by atoms with Crippen molar-refractivity contribution in [2.45, 2.75) is 53.4 Å². The quantitative estimate of drug-likeness (QED) is 0.777. The zero-order valence-electron chi connectivity index (χ0n) is 11.7. The summed E-state index contributed by atoms with van der Waals surface area (Å²) in [4.78, 5) is 11.5.